The van der Waals surface area contributed by atoms with Crippen molar-refractivity contribution >= 4 is 28.7 Å². The first-order valence-corrected chi connectivity index (χ1v) is 14.6. The first-order chi connectivity index (χ1) is 15.0. The molecule has 0 saturated heterocycles. The smallest absolute Gasteiger partial charge is 0.167 e. The van der Waals surface area contributed by atoms with E-state index in [9.17, 15) is 0 Å². The predicted octanol–water partition coefficient (Wildman–Crippen LogP) is 10.3. The molecule has 0 spiro atoms. The molecule has 1 unspecified atom stereocenters. The van der Waals surface area contributed by atoms with Gasteiger partial charge in [0.05, 0.1) is 27.0 Å². The van der Waals surface area contributed by atoms with Gasteiger partial charge in [-0.2, -0.15) is 0 Å². The standard InChI is InChI=1S/C28H45BrNO2P/c1-14-21(24(29)31-12)33(22(15-2)25(33)32-13)30-23-19(27(6,7)8)16-18(26(3,4)5)17-20(23)28(9,10)11/h16-17H,14-15H2,1-13H3/b24-21+. The number of nitrogens with zero attached hydrogens (tertiary/aromatic N) is 1. The van der Waals surface area contributed by atoms with Gasteiger partial charge in [0.15, 0.2) is 4.67 Å². The predicted molar refractivity (Wildman–Crippen MR) is 149 cm³/mol. The van der Waals surface area contributed by atoms with Crippen LogP contribution in [0.1, 0.15) is 106 Å². The van der Waals surface area contributed by atoms with Gasteiger partial charge in [0.1, 0.15) is 5.50 Å². The van der Waals surface area contributed by atoms with Crippen LogP contribution in [-0.2, 0) is 25.7 Å². The number of benzene rings is 1. The van der Waals surface area contributed by atoms with Crippen molar-refractivity contribution in [2.45, 2.75) is 105 Å². The average molecular weight is 539 g/mol. The lowest BCUT2D eigenvalue weighted by atomic mass is 9.74. The molecule has 1 aliphatic rings. The van der Waals surface area contributed by atoms with Gasteiger partial charge in [-0.1, -0.05) is 88.3 Å². The highest BCUT2D eigenvalue weighted by Crippen LogP contribution is 2.87. The summed E-state index contributed by atoms with van der Waals surface area (Å²) in [5.74, 6) is 0. The highest BCUT2D eigenvalue weighted by Gasteiger charge is 2.51. The molecule has 0 amide bonds. The first-order valence-electron chi connectivity index (χ1n) is 12.0. The van der Waals surface area contributed by atoms with Crippen molar-refractivity contribution in [2.75, 3.05) is 14.2 Å². The van der Waals surface area contributed by atoms with Crippen LogP contribution in [-0.4, -0.2) is 14.2 Å². The Morgan fingerprint density at radius 2 is 1.36 bits per heavy atom. The van der Waals surface area contributed by atoms with Gasteiger partial charge < -0.3 is 9.47 Å². The summed E-state index contributed by atoms with van der Waals surface area (Å²) >= 11 is 3.70. The van der Waals surface area contributed by atoms with Gasteiger partial charge in [-0.3, -0.25) is 4.74 Å². The Labute approximate surface area is 211 Å². The van der Waals surface area contributed by atoms with Gasteiger partial charge in [-0.05, 0) is 61.7 Å². The molecule has 0 fully saturated rings. The zero-order valence-corrected chi connectivity index (χ0v) is 25.6. The molecule has 0 bridgehead atoms. The molecule has 5 heteroatoms. The van der Waals surface area contributed by atoms with Crippen molar-refractivity contribution in [3.8, 4) is 0 Å². The van der Waals surface area contributed by atoms with E-state index in [-0.39, 0.29) is 16.2 Å². The van der Waals surface area contributed by atoms with E-state index in [0.717, 1.165) is 28.7 Å². The maximum absolute atomic E-state index is 5.98. The molecule has 1 aromatic carbocycles. The van der Waals surface area contributed by atoms with Crippen molar-refractivity contribution < 1.29 is 9.47 Å². The van der Waals surface area contributed by atoms with E-state index in [1.165, 1.54) is 27.3 Å². The molecular weight excluding hydrogens is 493 g/mol. The van der Waals surface area contributed by atoms with Crippen LogP contribution < -0.4 is 0 Å². The van der Waals surface area contributed by atoms with Gasteiger partial charge in [-0.25, -0.2) is 0 Å². The second-order valence-corrected chi connectivity index (χ2v) is 15.7. The Bertz CT molecular complexity index is 974. The van der Waals surface area contributed by atoms with Crippen LogP contribution in [0.2, 0.25) is 0 Å². The van der Waals surface area contributed by atoms with E-state index < -0.39 is 7.05 Å². The summed E-state index contributed by atoms with van der Waals surface area (Å²) in [5.41, 5.74) is 6.14. The molecule has 0 radical (unpaired) electrons. The number of hydrogen-bond acceptors (Lipinski definition) is 3. The fourth-order valence-corrected chi connectivity index (χ4v) is 9.47. The minimum absolute atomic E-state index is 0.0473. The summed E-state index contributed by atoms with van der Waals surface area (Å²) in [6, 6.07) is 4.79. The molecule has 1 atom stereocenters. The zero-order chi connectivity index (χ0) is 25.6. The van der Waals surface area contributed by atoms with Crippen LogP contribution in [0.5, 0.6) is 0 Å². The Morgan fingerprint density at radius 1 is 0.879 bits per heavy atom. The highest BCUT2D eigenvalue weighted by molar-refractivity contribution is 9.11. The quantitative estimate of drug-likeness (QED) is 0.266. The Balaban J connectivity index is 3.12. The van der Waals surface area contributed by atoms with Crippen molar-refractivity contribution in [2.24, 2.45) is 4.74 Å². The van der Waals surface area contributed by atoms with E-state index in [2.05, 4.69) is 104 Å². The lowest BCUT2D eigenvalue weighted by Gasteiger charge is -2.32. The van der Waals surface area contributed by atoms with Crippen LogP contribution >= 0.6 is 23.0 Å². The molecule has 186 valence electrons. The third kappa shape index (κ3) is 5.32. The van der Waals surface area contributed by atoms with E-state index >= 15 is 0 Å². The third-order valence-corrected chi connectivity index (χ3v) is 11.4. The Morgan fingerprint density at radius 3 is 1.64 bits per heavy atom. The normalized spacial score (nSPS) is 19.9. The van der Waals surface area contributed by atoms with Crippen molar-refractivity contribution in [3.63, 3.8) is 0 Å². The van der Waals surface area contributed by atoms with Gasteiger partial charge in [0, 0.05) is 10.6 Å². The molecule has 0 saturated carbocycles. The molecule has 1 aliphatic heterocycles. The maximum atomic E-state index is 5.98. The summed E-state index contributed by atoms with van der Waals surface area (Å²) in [7, 11) is 1.38. The first kappa shape index (κ1) is 28.2. The molecule has 1 aromatic rings. The van der Waals surface area contributed by atoms with Gasteiger partial charge in [-0.15, -0.1) is 0 Å². The second kappa shape index (κ2) is 9.57. The Hall–Kier alpha value is -0.990. The van der Waals surface area contributed by atoms with Crippen molar-refractivity contribution in [3.05, 3.63) is 49.6 Å². The maximum Gasteiger partial charge on any atom is 0.167 e. The van der Waals surface area contributed by atoms with Crippen molar-refractivity contribution in [1.82, 2.24) is 0 Å². The van der Waals surface area contributed by atoms with Gasteiger partial charge in [0.25, 0.3) is 0 Å². The van der Waals surface area contributed by atoms with Crippen LogP contribution in [0, 0.1) is 0 Å². The van der Waals surface area contributed by atoms with E-state index in [1.54, 1.807) is 14.2 Å². The van der Waals surface area contributed by atoms with Crippen LogP contribution in [0.4, 0.5) is 5.69 Å². The molecule has 0 aromatic heterocycles. The molecular formula is C28H45BrNO2P. The lowest BCUT2D eigenvalue weighted by Crippen LogP contribution is -2.21. The number of rotatable bonds is 6. The summed E-state index contributed by atoms with van der Waals surface area (Å²) in [6.07, 6.45) is 1.79. The third-order valence-electron chi connectivity index (χ3n) is 6.38. The van der Waals surface area contributed by atoms with E-state index in [1.807, 2.05) is 0 Å². The number of allylic oxidation sites excluding steroid dienone is 2. The minimum atomic E-state index is -2.12. The Kier molecular flexibility index (Phi) is 8.20. The SMILES string of the molecule is CCC1=C(OC)P1(=Nc1c(C(C)(C)C)cc(C(C)(C)C)cc1C(C)(C)C)/C(CC)=C(\Br)OC. The van der Waals surface area contributed by atoms with Crippen molar-refractivity contribution in [1.29, 1.82) is 0 Å². The van der Waals surface area contributed by atoms with Gasteiger partial charge in [0.2, 0.25) is 0 Å². The summed E-state index contributed by atoms with van der Waals surface area (Å²) < 4.78 is 18.2. The molecule has 33 heavy (non-hydrogen) atoms. The molecule has 2 rings (SSSR count). The van der Waals surface area contributed by atoms with Crippen LogP contribution in [0.3, 0.4) is 0 Å². The fourth-order valence-electron chi connectivity index (χ4n) is 4.42. The minimum Gasteiger partial charge on any atom is -0.494 e. The summed E-state index contributed by atoms with van der Waals surface area (Å²) in [6.45, 7) is 25.0. The van der Waals surface area contributed by atoms with E-state index in [4.69, 9.17) is 14.2 Å². The lowest BCUT2D eigenvalue weighted by molar-refractivity contribution is 0.323. The second-order valence-electron chi connectivity index (χ2n) is 12.0. The summed E-state index contributed by atoms with van der Waals surface area (Å²) in [5, 5.41) is 2.56. The molecule has 0 N–H and O–H groups in total. The molecule has 3 nitrogen and oxygen atoms in total. The largest absolute Gasteiger partial charge is 0.494 e. The van der Waals surface area contributed by atoms with E-state index in [0.29, 0.717) is 0 Å². The average Bonchev–Trinajstić information content (AvgIpc) is 3.31. The molecule has 0 aliphatic carbocycles. The number of halogens is 1. The molecule has 1 heterocycles. The number of methoxy groups -OCH3 is 2. The fraction of sp³-hybridized carbons (Fsp3) is 0.643. The topological polar surface area (TPSA) is 30.8 Å². The zero-order valence-electron chi connectivity index (χ0n) is 23.2. The van der Waals surface area contributed by atoms with Crippen LogP contribution in [0.15, 0.2) is 37.7 Å². The van der Waals surface area contributed by atoms with Gasteiger partial charge >= 0.3 is 0 Å². The highest BCUT2D eigenvalue weighted by atomic mass is 79.9. The monoisotopic (exact) mass is 537 g/mol. The number of hydrogen-bond donors (Lipinski definition) is 0. The number of ether oxygens (including phenoxy) is 2. The summed E-state index contributed by atoms with van der Waals surface area (Å²) in [4.78, 5) is 0. The van der Waals surface area contributed by atoms with Crippen LogP contribution in [0.25, 0.3) is 0 Å².